The third-order valence-electron chi connectivity index (χ3n) is 2.70. The quantitative estimate of drug-likeness (QED) is 0.521. The summed E-state index contributed by atoms with van der Waals surface area (Å²) < 4.78 is 0. The van der Waals surface area contributed by atoms with Crippen molar-refractivity contribution in [2.75, 3.05) is 0 Å². The molecule has 13 heavy (non-hydrogen) atoms. The van der Waals surface area contributed by atoms with Crippen LogP contribution in [0.25, 0.3) is 0 Å². The maximum absolute atomic E-state index is 9.67. The van der Waals surface area contributed by atoms with Gasteiger partial charge in [-0.25, -0.2) is 0 Å². The Hall–Kier alpha value is -0.380. The van der Waals surface area contributed by atoms with Gasteiger partial charge in [0, 0.05) is 0 Å². The lowest BCUT2D eigenvalue weighted by Gasteiger charge is -2.37. The third kappa shape index (κ3) is 1.93. The predicted octanol–water partition coefficient (Wildman–Crippen LogP) is 0.445. The average Bonchev–Trinajstić information content (AvgIpc) is 2.00. The van der Waals surface area contributed by atoms with E-state index in [1.54, 1.807) is 0 Å². The van der Waals surface area contributed by atoms with Crippen molar-refractivity contribution >= 4 is 0 Å². The van der Waals surface area contributed by atoms with Crippen molar-refractivity contribution in [3.63, 3.8) is 0 Å². The van der Waals surface area contributed by atoms with Gasteiger partial charge in [0.05, 0.1) is 5.60 Å². The van der Waals surface area contributed by atoms with Gasteiger partial charge in [-0.3, -0.25) is 0 Å². The molecule has 0 saturated heterocycles. The first kappa shape index (κ1) is 10.7. The molecule has 3 N–H and O–H groups in total. The molecule has 0 aliphatic heterocycles. The van der Waals surface area contributed by atoms with Gasteiger partial charge in [0.25, 0.3) is 0 Å². The standard InChI is InChI=1S/C10H18O3/c1-6(2)7-4-5-10(3,13)9(12)8(7)11/h4,6,8-9,11-13H,5H2,1-3H3/t8?,9-,10?/m0/s1. The first-order valence-electron chi connectivity index (χ1n) is 4.64. The summed E-state index contributed by atoms with van der Waals surface area (Å²) in [5.74, 6) is 0.209. The van der Waals surface area contributed by atoms with Crippen LogP contribution in [0.15, 0.2) is 11.6 Å². The fraction of sp³-hybridized carbons (Fsp3) is 0.800. The van der Waals surface area contributed by atoms with Gasteiger partial charge in [-0.05, 0) is 24.8 Å². The van der Waals surface area contributed by atoms with Crippen molar-refractivity contribution in [2.45, 2.75) is 45.0 Å². The highest BCUT2D eigenvalue weighted by Gasteiger charge is 2.40. The highest BCUT2D eigenvalue weighted by molar-refractivity contribution is 5.20. The van der Waals surface area contributed by atoms with Crippen LogP contribution in [0.2, 0.25) is 0 Å². The maximum Gasteiger partial charge on any atom is 0.112 e. The van der Waals surface area contributed by atoms with Gasteiger partial charge in [-0.1, -0.05) is 19.9 Å². The molecule has 0 aromatic heterocycles. The van der Waals surface area contributed by atoms with Crippen LogP contribution in [0.1, 0.15) is 27.2 Å². The molecule has 1 aliphatic rings. The second-order valence-corrected chi connectivity index (χ2v) is 4.31. The molecule has 2 unspecified atom stereocenters. The molecule has 0 heterocycles. The number of hydrogen-bond donors (Lipinski definition) is 3. The van der Waals surface area contributed by atoms with Crippen molar-refractivity contribution in [1.29, 1.82) is 0 Å². The van der Waals surface area contributed by atoms with E-state index >= 15 is 0 Å². The topological polar surface area (TPSA) is 60.7 Å². The van der Waals surface area contributed by atoms with Gasteiger partial charge >= 0.3 is 0 Å². The van der Waals surface area contributed by atoms with Crippen LogP contribution >= 0.6 is 0 Å². The van der Waals surface area contributed by atoms with Crippen LogP contribution in [0.4, 0.5) is 0 Å². The Balaban J connectivity index is 2.89. The molecule has 1 aliphatic carbocycles. The van der Waals surface area contributed by atoms with E-state index < -0.39 is 17.8 Å². The Morgan fingerprint density at radius 1 is 1.46 bits per heavy atom. The number of hydrogen-bond acceptors (Lipinski definition) is 3. The van der Waals surface area contributed by atoms with Crippen molar-refractivity contribution in [3.05, 3.63) is 11.6 Å². The van der Waals surface area contributed by atoms with Crippen molar-refractivity contribution in [3.8, 4) is 0 Å². The Labute approximate surface area is 78.7 Å². The predicted molar refractivity (Wildman–Crippen MR) is 50.2 cm³/mol. The van der Waals surface area contributed by atoms with E-state index in [0.717, 1.165) is 5.57 Å². The molecule has 3 atom stereocenters. The molecule has 0 aromatic rings. The summed E-state index contributed by atoms with van der Waals surface area (Å²) in [7, 11) is 0. The Morgan fingerprint density at radius 2 is 2.00 bits per heavy atom. The van der Waals surface area contributed by atoms with Gasteiger partial charge in [0.2, 0.25) is 0 Å². The van der Waals surface area contributed by atoms with Crippen LogP contribution in [-0.4, -0.2) is 33.1 Å². The van der Waals surface area contributed by atoms with E-state index in [4.69, 9.17) is 0 Å². The monoisotopic (exact) mass is 186 g/mol. The molecule has 3 nitrogen and oxygen atoms in total. The minimum atomic E-state index is -1.20. The maximum atomic E-state index is 9.67. The Morgan fingerprint density at radius 3 is 2.46 bits per heavy atom. The smallest absolute Gasteiger partial charge is 0.112 e. The first-order chi connectivity index (χ1) is 5.86. The summed E-state index contributed by atoms with van der Waals surface area (Å²) in [4.78, 5) is 0. The normalized spacial score (nSPS) is 40.7. The molecule has 76 valence electrons. The zero-order valence-electron chi connectivity index (χ0n) is 8.36. The van der Waals surface area contributed by atoms with Crippen molar-refractivity contribution in [1.82, 2.24) is 0 Å². The second-order valence-electron chi connectivity index (χ2n) is 4.31. The molecule has 0 spiro atoms. The van der Waals surface area contributed by atoms with Gasteiger partial charge in [-0.2, -0.15) is 0 Å². The number of aliphatic hydroxyl groups is 3. The fourth-order valence-corrected chi connectivity index (χ4v) is 1.67. The lowest BCUT2D eigenvalue weighted by atomic mass is 9.79. The van der Waals surface area contributed by atoms with E-state index in [9.17, 15) is 15.3 Å². The van der Waals surface area contributed by atoms with Crippen LogP contribution in [0, 0.1) is 5.92 Å². The van der Waals surface area contributed by atoms with Gasteiger partial charge < -0.3 is 15.3 Å². The lowest BCUT2D eigenvalue weighted by molar-refractivity contribution is -0.112. The summed E-state index contributed by atoms with van der Waals surface area (Å²) in [6.07, 6.45) is 0.222. The molecule has 0 saturated carbocycles. The average molecular weight is 186 g/mol. The zero-order valence-corrected chi connectivity index (χ0v) is 8.36. The molecule has 0 bridgehead atoms. The molecular formula is C10H18O3. The van der Waals surface area contributed by atoms with E-state index in [0.29, 0.717) is 6.42 Å². The molecule has 1 rings (SSSR count). The van der Waals surface area contributed by atoms with Gasteiger partial charge in [-0.15, -0.1) is 0 Å². The van der Waals surface area contributed by atoms with E-state index in [-0.39, 0.29) is 5.92 Å². The van der Waals surface area contributed by atoms with Crippen molar-refractivity contribution in [2.24, 2.45) is 5.92 Å². The molecule has 0 radical (unpaired) electrons. The minimum absolute atomic E-state index is 0.209. The molecule has 0 amide bonds. The SMILES string of the molecule is CC(C)C1=CCC(C)(O)[C@@H](O)C1O. The fourth-order valence-electron chi connectivity index (χ4n) is 1.67. The summed E-state index contributed by atoms with van der Waals surface area (Å²) in [6, 6.07) is 0. The summed E-state index contributed by atoms with van der Waals surface area (Å²) >= 11 is 0. The molecule has 0 aromatic carbocycles. The summed E-state index contributed by atoms with van der Waals surface area (Å²) in [5.41, 5.74) is -0.378. The van der Waals surface area contributed by atoms with E-state index in [1.807, 2.05) is 19.9 Å². The van der Waals surface area contributed by atoms with Crippen LogP contribution in [0.3, 0.4) is 0 Å². The van der Waals surface area contributed by atoms with E-state index in [2.05, 4.69) is 0 Å². The number of aliphatic hydroxyl groups excluding tert-OH is 2. The van der Waals surface area contributed by atoms with Crippen LogP contribution in [-0.2, 0) is 0 Å². The molecule has 3 heteroatoms. The largest absolute Gasteiger partial charge is 0.387 e. The first-order valence-corrected chi connectivity index (χ1v) is 4.64. The summed E-state index contributed by atoms with van der Waals surface area (Å²) in [5, 5.41) is 28.9. The third-order valence-corrected chi connectivity index (χ3v) is 2.70. The van der Waals surface area contributed by atoms with Gasteiger partial charge in [0.15, 0.2) is 0 Å². The van der Waals surface area contributed by atoms with E-state index in [1.165, 1.54) is 6.92 Å². The van der Waals surface area contributed by atoms with Crippen LogP contribution < -0.4 is 0 Å². The Kier molecular flexibility index (Phi) is 2.80. The molecular weight excluding hydrogens is 168 g/mol. The highest BCUT2D eigenvalue weighted by Crippen LogP contribution is 2.31. The van der Waals surface area contributed by atoms with Crippen molar-refractivity contribution < 1.29 is 15.3 Å². The number of rotatable bonds is 1. The zero-order chi connectivity index (χ0) is 10.2. The summed E-state index contributed by atoms with van der Waals surface area (Å²) in [6.45, 7) is 5.46. The molecule has 0 fully saturated rings. The minimum Gasteiger partial charge on any atom is -0.387 e. The second kappa shape index (κ2) is 3.40. The van der Waals surface area contributed by atoms with Crippen LogP contribution in [0.5, 0.6) is 0 Å². The highest BCUT2D eigenvalue weighted by atomic mass is 16.4. The van der Waals surface area contributed by atoms with Gasteiger partial charge in [0.1, 0.15) is 12.2 Å². The lowest BCUT2D eigenvalue weighted by Crippen LogP contribution is -2.50. The Bertz CT molecular complexity index is 218.